The SMILES string of the molecule is O[C@@H]1C=CC[C@@]12CCCN2CCc1ccc2c(c1)OCO2. The Morgan fingerprint density at radius 2 is 2.19 bits per heavy atom. The minimum Gasteiger partial charge on any atom is -0.454 e. The van der Waals surface area contributed by atoms with Gasteiger partial charge in [-0.1, -0.05) is 18.2 Å². The van der Waals surface area contributed by atoms with Crippen LogP contribution in [0.25, 0.3) is 0 Å². The Morgan fingerprint density at radius 3 is 3.05 bits per heavy atom. The van der Waals surface area contributed by atoms with Crippen molar-refractivity contribution in [2.24, 2.45) is 0 Å². The van der Waals surface area contributed by atoms with Gasteiger partial charge in [0.1, 0.15) is 0 Å². The fourth-order valence-electron chi connectivity index (χ4n) is 3.92. The minimum absolute atomic E-state index is 0.0314. The number of likely N-dealkylation sites (tertiary alicyclic amines) is 1. The lowest BCUT2D eigenvalue weighted by Crippen LogP contribution is -2.50. The highest BCUT2D eigenvalue weighted by molar-refractivity contribution is 5.44. The number of aliphatic hydroxyl groups excluding tert-OH is 1. The number of fused-ring (bicyclic) bond motifs is 1. The molecular weight excluding hydrogens is 266 g/mol. The highest BCUT2D eigenvalue weighted by Crippen LogP contribution is 2.40. The van der Waals surface area contributed by atoms with Crippen molar-refractivity contribution in [3.05, 3.63) is 35.9 Å². The largest absolute Gasteiger partial charge is 0.454 e. The highest BCUT2D eigenvalue weighted by atomic mass is 16.7. The third-order valence-corrected chi connectivity index (χ3v) is 5.12. The van der Waals surface area contributed by atoms with E-state index in [1.54, 1.807) is 0 Å². The van der Waals surface area contributed by atoms with Gasteiger partial charge < -0.3 is 14.6 Å². The summed E-state index contributed by atoms with van der Waals surface area (Å²) in [7, 11) is 0. The highest BCUT2D eigenvalue weighted by Gasteiger charge is 2.46. The van der Waals surface area contributed by atoms with Crippen LogP contribution in [-0.4, -0.2) is 41.5 Å². The Hall–Kier alpha value is -1.52. The molecule has 2 aliphatic heterocycles. The van der Waals surface area contributed by atoms with E-state index < -0.39 is 0 Å². The van der Waals surface area contributed by atoms with E-state index in [0.29, 0.717) is 6.79 Å². The predicted octanol–water partition coefficient (Wildman–Crippen LogP) is 2.11. The van der Waals surface area contributed by atoms with Crippen LogP contribution in [0, 0.1) is 0 Å². The van der Waals surface area contributed by atoms with Crippen molar-refractivity contribution in [2.45, 2.75) is 37.3 Å². The number of benzene rings is 1. The third-order valence-electron chi connectivity index (χ3n) is 5.12. The molecule has 1 spiro atoms. The maximum Gasteiger partial charge on any atom is 0.231 e. The molecule has 0 radical (unpaired) electrons. The lowest BCUT2D eigenvalue weighted by atomic mass is 9.90. The second-order valence-corrected chi connectivity index (χ2v) is 6.21. The van der Waals surface area contributed by atoms with Crippen molar-refractivity contribution in [3.63, 3.8) is 0 Å². The van der Waals surface area contributed by atoms with Crippen LogP contribution < -0.4 is 9.47 Å². The molecule has 1 fully saturated rings. The molecule has 1 saturated heterocycles. The van der Waals surface area contributed by atoms with Crippen molar-refractivity contribution in [1.29, 1.82) is 0 Å². The van der Waals surface area contributed by atoms with E-state index >= 15 is 0 Å². The number of ether oxygens (including phenoxy) is 2. The van der Waals surface area contributed by atoms with Crippen molar-refractivity contribution < 1.29 is 14.6 Å². The number of hydrogen-bond acceptors (Lipinski definition) is 4. The summed E-state index contributed by atoms with van der Waals surface area (Å²) in [6.07, 6.45) is 8.02. The first-order chi connectivity index (χ1) is 10.3. The van der Waals surface area contributed by atoms with Crippen LogP contribution in [0.2, 0.25) is 0 Å². The summed E-state index contributed by atoms with van der Waals surface area (Å²) >= 11 is 0. The van der Waals surface area contributed by atoms with Gasteiger partial charge in [-0.3, -0.25) is 4.90 Å². The van der Waals surface area contributed by atoms with E-state index in [2.05, 4.69) is 23.1 Å². The fraction of sp³-hybridized carbons (Fsp3) is 0.529. The molecule has 1 N–H and O–H groups in total. The van der Waals surface area contributed by atoms with Crippen molar-refractivity contribution in [1.82, 2.24) is 4.90 Å². The molecule has 1 aromatic rings. The van der Waals surface area contributed by atoms with Crippen LogP contribution in [0.5, 0.6) is 11.5 Å². The molecule has 2 atom stereocenters. The lowest BCUT2D eigenvalue weighted by molar-refractivity contribution is 0.0321. The average Bonchev–Trinajstić information content (AvgIpc) is 3.19. The van der Waals surface area contributed by atoms with Gasteiger partial charge in [-0.2, -0.15) is 0 Å². The first-order valence-corrected chi connectivity index (χ1v) is 7.76. The average molecular weight is 287 g/mol. The molecular formula is C17H21NO3. The van der Waals surface area contributed by atoms with Crippen molar-refractivity contribution in [3.8, 4) is 11.5 Å². The Balaban J connectivity index is 1.45. The normalized spacial score (nSPS) is 30.6. The number of rotatable bonds is 3. The number of aliphatic hydroxyl groups is 1. The topological polar surface area (TPSA) is 41.9 Å². The molecule has 2 heterocycles. The van der Waals surface area contributed by atoms with E-state index in [1.807, 2.05) is 12.1 Å². The quantitative estimate of drug-likeness (QED) is 0.865. The van der Waals surface area contributed by atoms with Crippen molar-refractivity contribution >= 4 is 0 Å². The Labute approximate surface area is 125 Å². The van der Waals surface area contributed by atoms with Gasteiger partial charge in [0, 0.05) is 6.54 Å². The van der Waals surface area contributed by atoms with Crippen LogP contribution in [0.1, 0.15) is 24.8 Å². The predicted molar refractivity (Wildman–Crippen MR) is 79.6 cm³/mol. The number of hydrogen-bond donors (Lipinski definition) is 1. The van der Waals surface area contributed by atoms with Gasteiger partial charge in [0.05, 0.1) is 11.6 Å². The van der Waals surface area contributed by atoms with Gasteiger partial charge in [-0.25, -0.2) is 0 Å². The van der Waals surface area contributed by atoms with Crippen molar-refractivity contribution in [2.75, 3.05) is 19.9 Å². The first kappa shape index (κ1) is 13.2. The summed E-state index contributed by atoms with van der Waals surface area (Å²) in [5, 5.41) is 10.3. The van der Waals surface area contributed by atoms with E-state index in [4.69, 9.17) is 9.47 Å². The van der Waals surface area contributed by atoms with Gasteiger partial charge in [0.15, 0.2) is 11.5 Å². The number of nitrogens with zero attached hydrogens (tertiary/aromatic N) is 1. The van der Waals surface area contributed by atoms with Crippen LogP contribution in [0.15, 0.2) is 30.4 Å². The van der Waals surface area contributed by atoms with E-state index in [1.165, 1.54) is 12.0 Å². The van der Waals surface area contributed by atoms with Crippen LogP contribution in [-0.2, 0) is 6.42 Å². The molecule has 0 amide bonds. The summed E-state index contributed by atoms with van der Waals surface area (Å²) in [6.45, 7) is 2.40. The standard InChI is InChI=1S/C17H21NO3/c19-16-3-1-7-17(16)8-2-9-18(17)10-6-13-4-5-14-15(11-13)21-12-20-14/h1,3-5,11,16,19H,2,6-10,12H2/t16-,17-/m1/s1. The molecule has 3 aliphatic rings. The second-order valence-electron chi connectivity index (χ2n) is 6.21. The zero-order valence-electron chi connectivity index (χ0n) is 12.1. The zero-order chi connectivity index (χ0) is 14.3. The molecule has 0 aromatic heterocycles. The molecule has 1 aliphatic carbocycles. The molecule has 1 aromatic carbocycles. The summed E-state index contributed by atoms with van der Waals surface area (Å²) in [5.74, 6) is 1.69. The van der Waals surface area contributed by atoms with E-state index in [9.17, 15) is 5.11 Å². The van der Waals surface area contributed by atoms with Gasteiger partial charge in [-0.05, 0) is 49.9 Å². The van der Waals surface area contributed by atoms with Gasteiger partial charge >= 0.3 is 0 Å². The molecule has 4 nitrogen and oxygen atoms in total. The summed E-state index contributed by atoms with van der Waals surface area (Å²) in [6, 6.07) is 6.18. The third kappa shape index (κ3) is 2.14. The lowest BCUT2D eigenvalue weighted by Gasteiger charge is -2.38. The van der Waals surface area contributed by atoms with Gasteiger partial charge in [-0.15, -0.1) is 0 Å². The molecule has 0 unspecified atom stereocenters. The van der Waals surface area contributed by atoms with E-state index in [-0.39, 0.29) is 11.6 Å². The Kier molecular flexibility index (Phi) is 3.16. The molecule has 0 saturated carbocycles. The summed E-state index contributed by atoms with van der Waals surface area (Å²) < 4.78 is 10.8. The smallest absolute Gasteiger partial charge is 0.231 e. The Morgan fingerprint density at radius 1 is 1.29 bits per heavy atom. The summed E-state index contributed by atoms with van der Waals surface area (Å²) in [5.41, 5.74) is 1.23. The monoisotopic (exact) mass is 287 g/mol. The molecule has 21 heavy (non-hydrogen) atoms. The fourth-order valence-corrected chi connectivity index (χ4v) is 3.92. The molecule has 4 heteroatoms. The second kappa shape index (κ2) is 5.04. The summed E-state index contributed by atoms with van der Waals surface area (Å²) in [4.78, 5) is 2.47. The first-order valence-electron chi connectivity index (χ1n) is 7.76. The van der Waals surface area contributed by atoms with Gasteiger partial charge in [0.25, 0.3) is 0 Å². The molecule has 4 rings (SSSR count). The van der Waals surface area contributed by atoms with Crippen LogP contribution in [0.3, 0.4) is 0 Å². The maximum atomic E-state index is 10.3. The minimum atomic E-state index is -0.309. The Bertz CT molecular complexity index is 571. The van der Waals surface area contributed by atoms with E-state index in [0.717, 1.165) is 43.9 Å². The zero-order valence-corrected chi connectivity index (χ0v) is 12.1. The molecule has 112 valence electrons. The van der Waals surface area contributed by atoms with Crippen LogP contribution >= 0.6 is 0 Å². The van der Waals surface area contributed by atoms with Crippen LogP contribution in [0.4, 0.5) is 0 Å². The van der Waals surface area contributed by atoms with Gasteiger partial charge in [0.2, 0.25) is 6.79 Å². The maximum absolute atomic E-state index is 10.3. The molecule has 0 bridgehead atoms.